The van der Waals surface area contributed by atoms with Crippen molar-refractivity contribution in [2.45, 2.75) is 39.4 Å². The molecule has 4 rings (SSSR count). The molecule has 0 fully saturated rings. The number of carbonyl (C=O) groups excluding carboxylic acids is 2. The molecule has 3 aromatic carbocycles. The Bertz CT molecular complexity index is 1110. The maximum atomic E-state index is 13.3. The fourth-order valence-corrected chi connectivity index (χ4v) is 4.52. The molecule has 3 aromatic rings. The van der Waals surface area contributed by atoms with Crippen LogP contribution in [0.4, 0.5) is 5.69 Å². The number of anilines is 1. The van der Waals surface area contributed by atoms with E-state index in [1.54, 1.807) is 7.05 Å². The average molecular weight is 442 g/mol. The number of nitrogens with one attached hydrogen (secondary N) is 1. The molecule has 1 atom stereocenters. The average Bonchev–Trinajstić information content (AvgIpc) is 3.00. The molecule has 2 amide bonds. The smallest absolute Gasteiger partial charge is 0.243 e. The largest absolute Gasteiger partial charge is 0.335 e. The van der Waals surface area contributed by atoms with Crippen molar-refractivity contribution in [1.29, 1.82) is 0 Å². The lowest BCUT2D eigenvalue weighted by Crippen LogP contribution is -2.47. The lowest BCUT2D eigenvalue weighted by Gasteiger charge is -2.30. The molecule has 0 aliphatic carbocycles. The highest BCUT2D eigenvalue weighted by molar-refractivity contribution is 5.95. The molecule has 0 unspecified atom stereocenters. The molecule has 0 spiro atoms. The summed E-state index contributed by atoms with van der Waals surface area (Å²) < 4.78 is 0. The van der Waals surface area contributed by atoms with E-state index in [9.17, 15) is 9.59 Å². The third kappa shape index (κ3) is 4.99. The highest BCUT2D eigenvalue weighted by Gasteiger charge is 2.28. The Morgan fingerprint density at radius 2 is 1.45 bits per heavy atom. The summed E-state index contributed by atoms with van der Waals surface area (Å²) >= 11 is 0. The van der Waals surface area contributed by atoms with Crippen LogP contribution in [0.25, 0.3) is 11.1 Å². The molecule has 5 nitrogen and oxygen atoms in total. The predicted octanol–water partition coefficient (Wildman–Crippen LogP) is 4.72. The first-order valence-electron chi connectivity index (χ1n) is 11.5. The van der Waals surface area contributed by atoms with Gasteiger partial charge in [-0.25, -0.2) is 0 Å². The second-order valence-electron chi connectivity index (χ2n) is 8.65. The van der Waals surface area contributed by atoms with Crippen molar-refractivity contribution in [2.75, 3.05) is 18.9 Å². The summed E-state index contributed by atoms with van der Waals surface area (Å²) in [5.74, 6) is -0.253. The van der Waals surface area contributed by atoms with Crippen LogP contribution in [0, 0.1) is 0 Å². The van der Waals surface area contributed by atoms with Gasteiger partial charge in [0, 0.05) is 25.8 Å². The van der Waals surface area contributed by atoms with Gasteiger partial charge in [0.05, 0.1) is 12.6 Å². The number of carbonyl (C=O) groups is 2. The van der Waals surface area contributed by atoms with Crippen LogP contribution in [-0.4, -0.2) is 41.2 Å². The van der Waals surface area contributed by atoms with E-state index < -0.39 is 0 Å². The first kappa shape index (κ1) is 22.7. The van der Waals surface area contributed by atoms with Crippen molar-refractivity contribution >= 4 is 17.5 Å². The lowest BCUT2D eigenvalue weighted by atomic mass is 9.97. The fourth-order valence-electron chi connectivity index (χ4n) is 4.52. The van der Waals surface area contributed by atoms with E-state index >= 15 is 0 Å². The van der Waals surface area contributed by atoms with E-state index in [0.29, 0.717) is 13.1 Å². The number of amides is 2. The zero-order valence-corrected chi connectivity index (χ0v) is 19.5. The maximum absolute atomic E-state index is 13.3. The normalized spacial score (nSPS) is 13.9. The number of likely N-dealkylation sites (N-methyl/N-ethyl adjacent to an activating group) is 1. The first-order chi connectivity index (χ1) is 16.0. The molecule has 33 heavy (non-hydrogen) atoms. The molecule has 0 radical (unpaired) electrons. The Balaban J connectivity index is 1.47. The predicted molar refractivity (Wildman–Crippen MR) is 133 cm³/mol. The molecule has 1 N–H and O–H groups in total. The Morgan fingerprint density at radius 1 is 0.909 bits per heavy atom. The van der Waals surface area contributed by atoms with Crippen LogP contribution >= 0.6 is 0 Å². The number of hydrogen-bond donors (Lipinski definition) is 1. The number of fused-ring (bicyclic) bond motifs is 3. The second kappa shape index (κ2) is 10.0. The third-order valence-corrected chi connectivity index (χ3v) is 6.41. The summed E-state index contributed by atoms with van der Waals surface area (Å²) in [4.78, 5) is 29.7. The molecular weight excluding hydrogens is 410 g/mol. The fraction of sp³-hybridized carbons (Fsp3) is 0.286. The monoisotopic (exact) mass is 441 g/mol. The Labute approximate surface area is 196 Å². The zero-order chi connectivity index (χ0) is 23.4. The van der Waals surface area contributed by atoms with Crippen LogP contribution < -0.4 is 5.32 Å². The van der Waals surface area contributed by atoms with Gasteiger partial charge in [-0.3, -0.25) is 14.5 Å². The third-order valence-electron chi connectivity index (χ3n) is 6.41. The van der Waals surface area contributed by atoms with E-state index in [2.05, 4.69) is 53.5 Å². The van der Waals surface area contributed by atoms with Crippen LogP contribution in [-0.2, 0) is 29.1 Å². The van der Waals surface area contributed by atoms with E-state index in [-0.39, 0.29) is 24.4 Å². The molecule has 5 heteroatoms. The standard InChI is InChI=1S/C28H31N3O2/c1-4-21-11-7-10-16-26(21)29-27(32)19-30(3)28(33)20(2)31-17-22-12-5-8-14-24(22)25-15-9-6-13-23(25)18-31/h5-16,20H,4,17-19H2,1-3H3,(H,29,32)/t20-/m0/s1. The highest BCUT2D eigenvalue weighted by atomic mass is 16.2. The van der Waals surface area contributed by atoms with Gasteiger partial charge in [-0.05, 0) is 47.2 Å². The molecule has 1 aliphatic heterocycles. The van der Waals surface area contributed by atoms with Crippen molar-refractivity contribution in [2.24, 2.45) is 0 Å². The van der Waals surface area contributed by atoms with E-state index in [0.717, 1.165) is 17.7 Å². The van der Waals surface area contributed by atoms with Gasteiger partial charge >= 0.3 is 0 Å². The topological polar surface area (TPSA) is 52.7 Å². The van der Waals surface area contributed by atoms with Crippen LogP contribution in [0.3, 0.4) is 0 Å². The summed E-state index contributed by atoms with van der Waals surface area (Å²) in [6, 6.07) is 24.2. The van der Waals surface area contributed by atoms with Gasteiger partial charge in [-0.1, -0.05) is 73.7 Å². The van der Waals surface area contributed by atoms with Crippen molar-refractivity contribution in [3.05, 3.63) is 89.5 Å². The second-order valence-corrected chi connectivity index (χ2v) is 8.65. The zero-order valence-electron chi connectivity index (χ0n) is 19.5. The number of hydrogen-bond acceptors (Lipinski definition) is 3. The number of rotatable bonds is 6. The van der Waals surface area contributed by atoms with Gasteiger partial charge in [-0.2, -0.15) is 0 Å². The van der Waals surface area contributed by atoms with Crippen LogP contribution in [0.2, 0.25) is 0 Å². The van der Waals surface area contributed by atoms with Crippen molar-refractivity contribution in [3.63, 3.8) is 0 Å². The Kier molecular flexibility index (Phi) is 6.90. The molecule has 0 saturated carbocycles. The minimum absolute atomic E-state index is 0.0161. The molecule has 170 valence electrons. The van der Waals surface area contributed by atoms with Gasteiger partial charge in [0.1, 0.15) is 0 Å². The number of aryl methyl sites for hydroxylation is 1. The lowest BCUT2D eigenvalue weighted by molar-refractivity contribution is -0.138. The summed E-state index contributed by atoms with van der Waals surface area (Å²) in [6.07, 6.45) is 0.833. The molecule has 0 saturated heterocycles. The van der Waals surface area contributed by atoms with Crippen LogP contribution in [0.5, 0.6) is 0 Å². The number of benzene rings is 3. The van der Waals surface area contributed by atoms with E-state index in [4.69, 9.17) is 0 Å². The van der Waals surface area contributed by atoms with Gasteiger partial charge in [0.2, 0.25) is 11.8 Å². The quantitative estimate of drug-likeness (QED) is 0.602. The molecule has 0 bridgehead atoms. The van der Waals surface area contributed by atoms with Crippen molar-refractivity contribution < 1.29 is 9.59 Å². The van der Waals surface area contributed by atoms with Crippen LogP contribution in [0.15, 0.2) is 72.8 Å². The Morgan fingerprint density at radius 3 is 2.06 bits per heavy atom. The maximum Gasteiger partial charge on any atom is 0.243 e. The van der Waals surface area contributed by atoms with Gasteiger partial charge in [0.25, 0.3) is 0 Å². The molecule has 1 aliphatic rings. The van der Waals surface area contributed by atoms with Gasteiger partial charge < -0.3 is 10.2 Å². The van der Waals surface area contributed by atoms with Crippen molar-refractivity contribution in [1.82, 2.24) is 9.80 Å². The summed E-state index contributed by atoms with van der Waals surface area (Å²) in [7, 11) is 1.70. The van der Waals surface area contributed by atoms with Crippen molar-refractivity contribution in [3.8, 4) is 11.1 Å². The highest BCUT2D eigenvalue weighted by Crippen LogP contribution is 2.33. The van der Waals surface area contributed by atoms with Gasteiger partial charge in [-0.15, -0.1) is 0 Å². The molecule has 0 aromatic heterocycles. The minimum atomic E-state index is -0.357. The minimum Gasteiger partial charge on any atom is -0.335 e. The van der Waals surface area contributed by atoms with E-state index in [1.165, 1.54) is 27.2 Å². The summed E-state index contributed by atoms with van der Waals surface area (Å²) in [6.45, 7) is 5.37. The first-order valence-corrected chi connectivity index (χ1v) is 11.5. The molecule has 1 heterocycles. The summed E-state index contributed by atoms with van der Waals surface area (Å²) in [5.41, 5.74) is 6.74. The SMILES string of the molecule is CCc1ccccc1NC(=O)CN(C)C(=O)[C@H](C)N1Cc2ccccc2-c2ccccc2C1. The summed E-state index contributed by atoms with van der Waals surface area (Å²) in [5, 5.41) is 2.96. The van der Waals surface area contributed by atoms with Gasteiger partial charge in [0.15, 0.2) is 0 Å². The van der Waals surface area contributed by atoms with Crippen LogP contribution in [0.1, 0.15) is 30.5 Å². The molecular formula is C28H31N3O2. The number of para-hydroxylation sites is 1. The van der Waals surface area contributed by atoms with E-state index in [1.807, 2.05) is 43.3 Å². The Hall–Kier alpha value is -3.44. The number of nitrogens with zero attached hydrogens (tertiary/aromatic N) is 2.